The Labute approximate surface area is 119 Å². The maximum Gasteiger partial charge on any atom is 0.109 e. The Morgan fingerprint density at radius 1 is 1.28 bits per heavy atom. The van der Waals surface area contributed by atoms with Crippen LogP contribution in [0, 0.1) is 0 Å². The van der Waals surface area contributed by atoms with E-state index in [4.69, 9.17) is 0 Å². The fraction of sp³-hybridized carbons (Fsp3) is 0.538. The van der Waals surface area contributed by atoms with Gasteiger partial charge in [0.1, 0.15) is 6.67 Å². The highest BCUT2D eigenvalue weighted by Crippen LogP contribution is 2.24. The Morgan fingerprint density at radius 3 is 2.39 bits per heavy atom. The van der Waals surface area contributed by atoms with E-state index in [0.717, 1.165) is 31.7 Å². The van der Waals surface area contributed by atoms with Crippen LogP contribution in [0.2, 0.25) is 0 Å². The Bertz CT molecular complexity index is 341. The summed E-state index contributed by atoms with van der Waals surface area (Å²) < 4.78 is 13.2. The maximum atomic E-state index is 13.2. The molecule has 1 fully saturated rings. The molecule has 1 heterocycles. The van der Waals surface area contributed by atoms with Crippen LogP contribution in [0.5, 0.6) is 0 Å². The molecule has 0 unspecified atom stereocenters. The van der Waals surface area contributed by atoms with Gasteiger partial charge in [0, 0.05) is 31.1 Å². The van der Waals surface area contributed by atoms with Crippen LogP contribution in [-0.2, 0) is 0 Å². The third-order valence-corrected chi connectivity index (χ3v) is 3.98. The van der Waals surface area contributed by atoms with Crippen LogP contribution in [0.3, 0.4) is 0 Å². The first-order valence-electron chi connectivity index (χ1n) is 6.00. The van der Waals surface area contributed by atoms with Gasteiger partial charge in [-0.3, -0.25) is 4.90 Å². The SMILES string of the molecule is CSc1ccc([C@@H](CF)N2CCNCC2)cc1.Cl. The van der Waals surface area contributed by atoms with Crippen LogP contribution in [0.15, 0.2) is 29.2 Å². The van der Waals surface area contributed by atoms with E-state index in [-0.39, 0.29) is 25.1 Å². The highest BCUT2D eigenvalue weighted by atomic mass is 35.5. The van der Waals surface area contributed by atoms with E-state index >= 15 is 0 Å². The molecule has 0 aliphatic carbocycles. The van der Waals surface area contributed by atoms with Crippen molar-refractivity contribution in [2.75, 3.05) is 39.1 Å². The topological polar surface area (TPSA) is 15.3 Å². The van der Waals surface area contributed by atoms with Crippen molar-refractivity contribution < 1.29 is 4.39 Å². The molecule has 2 nitrogen and oxygen atoms in total. The number of nitrogens with one attached hydrogen (secondary N) is 1. The zero-order valence-corrected chi connectivity index (χ0v) is 12.2. The molecule has 0 saturated carbocycles. The molecule has 1 aliphatic rings. The number of piperazine rings is 1. The molecule has 0 amide bonds. The molecule has 1 saturated heterocycles. The van der Waals surface area contributed by atoms with Crippen LogP contribution >= 0.6 is 24.2 Å². The van der Waals surface area contributed by atoms with Crippen molar-refractivity contribution >= 4 is 24.2 Å². The first kappa shape index (κ1) is 15.8. The zero-order valence-electron chi connectivity index (χ0n) is 10.6. The molecule has 0 radical (unpaired) electrons. The summed E-state index contributed by atoms with van der Waals surface area (Å²) in [5.74, 6) is 0. The lowest BCUT2D eigenvalue weighted by Crippen LogP contribution is -2.45. The summed E-state index contributed by atoms with van der Waals surface area (Å²) in [7, 11) is 0. The molecule has 5 heteroatoms. The van der Waals surface area contributed by atoms with E-state index in [9.17, 15) is 4.39 Å². The summed E-state index contributed by atoms with van der Waals surface area (Å²) in [5.41, 5.74) is 1.09. The van der Waals surface area contributed by atoms with Crippen LogP contribution in [0.1, 0.15) is 11.6 Å². The number of benzene rings is 1. The van der Waals surface area contributed by atoms with E-state index in [0.29, 0.717) is 0 Å². The Balaban J connectivity index is 0.00000162. The summed E-state index contributed by atoms with van der Waals surface area (Å²) in [6.45, 7) is 3.47. The smallest absolute Gasteiger partial charge is 0.109 e. The minimum atomic E-state index is -0.307. The largest absolute Gasteiger partial charge is 0.314 e. The van der Waals surface area contributed by atoms with Gasteiger partial charge in [-0.1, -0.05) is 12.1 Å². The third kappa shape index (κ3) is 3.85. The lowest BCUT2D eigenvalue weighted by Gasteiger charge is -2.33. The lowest BCUT2D eigenvalue weighted by molar-refractivity contribution is 0.147. The van der Waals surface area contributed by atoms with Gasteiger partial charge in [0.2, 0.25) is 0 Å². The van der Waals surface area contributed by atoms with E-state index in [2.05, 4.69) is 40.7 Å². The van der Waals surface area contributed by atoms with Gasteiger partial charge in [-0.05, 0) is 24.0 Å². The summed E-state index contributed by atoms with van der Waals surface area (Å²) in [4.78, 5) is 3.46. The van der Waals surface area contributed by atoms with Crippen molar-refractivity contribution in [3.8, 4) is 0 Å². The van der Waals surface area contributed by atoms with Crippen molar-refractivity contribution in [2.24, 2.45) is 0 Å². The van der Waals surface area contributed by atoms with Gasteiger partial charge in [0.25, 0.3) is 0 Å². The molecule has 0 spiro atoms. The van der Waals surface area contributed by atoms with Crippen molar-refractivity contribution in [1.29, 1.82) is 0 Å². The summed E-state index contributed by atoms with van der Waals surface area (Å²) in [6.07, 6.45) is 2.05. The minimum Gasteiger partial charge on any atom is -0.314 e. The summed E-state index contributed by atoms with van der Waals surface area (Å²) in [5, 5.41) is 3.30. The third-order valence-electron chi connectivity index (χ3n) is 3.24. The van der Waals surface area contributed by atoms with Crippen LogP contribution in [0.25, 0.3) is 0 Å². The van der Waals surface area contributed by atoms with Crippen molar-refractivity contribution in [3.05, 3.63) is 29.8 Å². The molecule has 2 rings (SSSR count). The van der Waals surface area contributed by atoms with Crippen molar-refractivity contribution in [2.45, 2.75) is 10.9 Å². The van der Waals surface area contributed by atoms with Gasteiger partial charge in [0.15, 0.2) is 0 Å². The van der Waals surface area contributed by atoms with Gasteiger partial charge in [-0.2, -0.15) is 0 Å². The molecular formula is C13H20ClFN2S. The number of hydrogen-bond acceptors (Lipinski definition) is 3. The lowest BCUT2D eigenvalue weighted by atomic mass is 10.1. The van der Waals surface area contributed by atoms with E-state index in [1.165, 1.54) is 4.90 Å². The molecule has 0 aromatic heterocycles. The molecule has 18 heavy (non-hydrogen) atoms. The van der Waals surface area contributed by atoms with Gasteiger partial charge in [-0.15, -0.1) is 24.2 Å². The second-order valence-corrected chi connectivity index (χ2v) is 5.11. The molecule has 1 aromatic carbocycles. The Morgan fingerprint density at radius 2 is 1.89 bits per heavy atom. The average molecular weight is 291 g/mol. The number of thioether (sulfide) groups is 1. The molecule has 1 atom stereocenters. The Kier molecular flexibility index (Phi) is 7.00. The molecule has 1 aromatic rings. The van der Waals surface area contributed by atoms with E-state index in [1.807, 2.05) is 0 Å². The normalized spacial score (nSPS) is 18.1. The van der Waals surface area contributed by atoms with Gasteiger partial charge >= 0.3 is 0 Å². The molecule has 1 aliphatic heterocycles. The Hall–Kier alpha value is -0.290. The average Bonchev–Trinajstić information content (AvgIpc) is 2.42. The molecule has 102 valence electrons. The predicted octanol–water partition coefficient (Wildman–Crippen LogP) is 2.75. The fourth-order valence-electron chi connectivity index (χ4n) is 2.22. The number of rotatable bonds is 4. The van der Waals surface area contributed by atoms with E-state index < -0.39 is 0 Å². The second kappa shape index (κ2) is 8.00. The van der Waals surface area contributed by atoms with Crippen LogP contribution < -0.4 is 5.32 Å². The first-order chi connectivity index (χ1) is 8.35. The van der Waals surface area contributed by atoms with E-state index in [1.54, 1.807) is 11.8 Å². The quantitative estimate of drug-likeness (QED) is 0.859. The zero-order chi connectivity index (χ0) is 12.1. The number of halogens is 2. The van der Waals surface area contributed by atoms with Gasteiger partial charge in [-0.25, -0.2) is 4.39 Å². The second-order valence-electron chi connectivity index (χ2n) is 4.23. The predicted molar refractivity (Wildman–Crippen MR) is 78.6 cm³/mol. The van der Waals surface area contributed by atoms with Crippen molar-refractivity contribution in [3.63, 3.8) is 0 Å². The molecular weight excluding hydrogens is 271 g/mol. The highest BCUT2D eigenvalue weighted by molar-refractivity contribution is 7.98. The van der Waals surface area contributed by atoms with Gasteiger partial charge < -0.3 is 5.32 Å². The minimum absolute atomic E-state index is 0. The molecule has 1 N–H and O–H groups in total. The monoisotopic (exact) mass is 290 g/mol. The van der Waals surface area contributed by atoms with Crippen LogP contribution in [0.4, 0.5) is 4.39 Å². The van der Waals surface area contributed by atoms with Crippen LogP contribution in [-0.4, -0.2) is 44.0 Å². The molecule has 0 bridgehead atoms. The highest BCUT2D eigenvalue weighted by Gasteiger charge is 2.21. The summed E-state index contributed by atoms with van der Waals surface area (Å²) >= 11 is 1.72. The van der Waals surface area contributed by atoms with Crippen molar-refractivity contribution in [1.82, 2.24) is 10.2 Å². The number of alkyl halides is 1. The maximum absolute atomic E-state index is 13.2. The first-order valence-corrected chi connectivity index (χ1v) is 7.22. The van der Waals surface area contributed by atoms with Gasteiger partial charge in [0.05, 0.1) is 6.04 Å². The fourth-order valence-corrected chi connectivity index (χ4v) is 2.63. The number of hydrogen-bond donors (Lipinski definition) is 1. The summed E-state index contributed by atoms with van der Waals surface area (Å²) in [6, 6.07) is 8.18. The standard InChI is InChI=1S/C13H19FN2S.ClH/c1-17-12-4-2-11(3-5-12)13(10-14)16-8-6-15-7-9-16;/h2-5,13,15H,6-10H2,1H3;1H/t13-;/m1./s1. The number of nitrogens with zero attached hydrogens (tertiary/aromatic N) is 1.